The van der Waals surface area contributed by atoms with E-state index >= 15 is 0 Å². The number of hydrogen-bond acceptors (Lipinski definition) is 3. The normalized spacial score (nSPS) is 17.8. The zero-order valence-corrected chi connectivity index (χ0v) is 11.9. The molecular formula is C14H29N3O. The number of rotatable bonds is 7. The van der Waals surface area contributed by atoms with Crippen molar-refractivity contribution in [1.82, 2.24) is 9.80 Å². The Kier molecular flexibility index (Phi) is 8.01. The van der Waals surface area contributed by atoms with Gasteiger partial charge in [-0.15, -0.1) is 0 Å². The summed E-state index contributed by atoms with van der Waals surface area (Å²) in [5.74, 6) is 0.336. The van der Waals surface area contributed by atoms with E-state index in [0.717, 1.165) is 58.5 Å². The van der Waals surface area contributed by atoms with Crippen molar-refractivity contribution in [1.29, 1.82) is 0 Å². The number of carbonyl (C=O) groups excluding carboxylic acids is 1. The van der Waals surface area contributed by atoms with E-state index in [1.165, 1.54) is 12.8 Å². The van der Waals surface area contributed by atoms with Crippen molar-refractivity contribution in [2.75, 3.05) is 39.3 Å². The maximum absolute atomic E-state index is 11.9. The lowest BCUT2D eigenvalue weighted by Crippen LogP contribution is -2.35. The maximum atomic E-state index is 11.9. The molecule has 0 aromatic rings. The second kappa shape index (κ2) is 9.34. The number of carbonyl (C=O) groups is 1. The lowest BCUT2D eigenvalue weighted by atomic mass is 10.2. The molecule has 1 saturated heterocycles. The molecule has 1 heterocycles. The van der Waals surface area contributed by atoms with Gasteiger partial charge < -0.3 is 15.5 Å². The third-order valence-corrected chi connectivity index (χ3v) is 3.58. The Morgan fingerprint density at radius 1 is 1.11 bits per heavy atom. The van der Waals surface area contributed by atoms with Crippen LogP contribution in [0.15, 0.2) is 0 Å². The smallest absolute Gasteiger partial charge is 0.222 e. The Hall–Kier alpha value is -0.610. The molecular weight excluding hydrogens is 226 g/mol. The van der Waals surface area contributed by atoms with E-state index in [4.69, 9.17) is 5.73 Å². The molecule has 0 unspecified atom stereocenters. The van der Waals surface area contributed by atoms with Gasteiger partial charge in [0.25, 0.3) is 0 Å². The van der Waals surface area contributed by atoms with Crippen LogP contribution in [0.4, 0.5) is 0 Å². The average molecular weight is 255 g/mol. The van der Waals surface area contributed by atoms with E-state index in [0.29, 0.717) is 12.3 Å². The molecule has 1 aliphatic heterocycles. The molecule has 0 saturated carbocycles. The highest BCUT2D eigenvalue weighted by Crippen LogP contribution is 2.07. The number of unbranched alkanes of at least 4 members (excludes halogenated alkanes) is 2. The third kappa shape index (κ3) is 5.83. The fourth-order valence-corrected chi connectivity index (χ4v) is 2.47. The van der Waals surface area contributed by atoms with Gasteiger partial charge in [0, 0.05) is 26.1 Å². The summed E-state index contributed by atoms with van der Waals surface area (Å²) in [6.07, 6.45) is 6.38. The number of nitrogens with two attached hydrogens (primary N) is 1. The van der Waals surface area contributed by atoms with Crippen molar-refractivity contribution < 1.29 is 4.79 Å². The van der Waals surface area contributed by atoms with Crippen LogP contribution >= 0.6 is 0 Å². The van der Waals surface area contributed by atoms with Gasteiger partial charge in [-0.1, -0.05) is 13.3 Å². The topological polar surface area (TPSA) is 49.6 Å². The minimum atomic E-state index is 0.336. The minimum absolute atomic E-state index is 0.336. The quantitative estimate of drug-likeness (QED) is 0.701. The molecule has 0 radical (unpaired) electrons. The SMILES string of the molecule is CCCC(=O)N1CCCN(CCCCCN)CC1. The highest BCUT2D eigenvalue weighted by Gasteiger charge is 2.17. The minimum Gasteiger partial charge on any atom is -0.341 e. The van der Waals surface area contributed by atoms with Gasteiger partial charge in [0.2, 0.25) is 5.91 Å². The van der Waals surface area contributed by atoms with Gasteiger partial charge in [-0.2, -0.15) is 0 Å². The van der Waals surface area contributed by atoms with Crippen LogP contribution in [0.2, 0.25) is 0 Å². The highest BCUT2D eigenvalue weighted by molar-refractivity contribution is 5.76. The van der Waals surface area contributed by atoms with Gasteiger partial charge in [0.15, 0.2) is 0 Å². The van der Waals surface area contributed by atoms with E-state index in [1.54, 1.807) is 0 Å². The maximum Gasteiger partial charge on any atom is 0.222 e. The molecule has 18 heavy (non-hydrogen) atoms. The van der Waals surface area contributed by atoms with Crippen molar-refractivity contribution in [2.45, 2.75) is 45.4 Å². The Morgan fingerprint density at radius 3 is 2.67 bits per heavy atom. The summed E-state index contributed by atoms with van der Waals surface area (Å²) in [6, 6.07) is 0. The molecule has 1 amide bonds. The summed E-state index contributed by atoms with van der Waals surface area (Å²) < 4.78 is 0. The molecule has 1 fully saturated rings. The molecule has 2 N–H and O–H groups in total. The average Bonchev–Trinajstić information content (AvgIpc) is 2.60. The molecule has 0 spiro atoms. The van der Waals surface area contributed by atoms with Crippen molar-refractivity contribution in [2.24, 2.45) is 5.73 Å². The first kappa shape index (κ1) is 15.4. The van der Waals surface area contributed by atoms with Gasteiger partial charge in [-0.3, -0.25) is 4.79 Å². The molecule has 106 valence electrons. The molecule has 0 bridgehead atoms. The first-order valence-corrected chi connectivity index (χ1v) is 7.48. The van der Waals surface area contributed by atoms with E-state index < -0.39 is 0 Å². The van der Waals surface area contributed by atoms with Crippen LogP contribution in [-0.4, -0.2) is 55.0 Å². The van der Waals surface area contributed by atoms with Crippen LogP contribution in [0.25, 0.3) is 0 Å². The van der Waals surface area contributed by atoms with E-state index in [9.17, 15) is 4.79 Å². The summed E-state index contributed by atoms with van der Waals surface area (Å²) in [7, 11) is 0. The van der Waals surface area contributed by atoms with Crippen LogP contribution in [-0.2, 0) is 4.79 Å². The largest absolute Gasteiger partial charge is 0.341 e. The predicted molar refractivity (Wildman–Crippen MR) is 75.5 cm³/mol. The molecule has 1 rings (SSSR count). The Balaban J connectivity index is 2.21. The van der Waals surface area contributed by atoms with Crippen LogP contribution in [0.3, 0.4) is 0 Å². The highest BCUT2D eigenvalue weighted by atomic mass is 16.2. The molecule has 0 aliphatic carbocycles. The van der Waals surface area contributed by atoms with Gasteiger partial charge >= 0.3 is 0 Å². The van der Waals surface area contributed by atoms with Crippen molar-refractivity contribution >= 4 is 5.91 Å². The lowest BCUT2D eigenvalue weighted by molar-refractivity contribution is -0.131. The predicted octanol–water partition coefficient (Wildman–Crippen LogP) is 1.45. The molecule has 4 heteroatoms. The summed E-state index contributed by atoms with van der Waals surface area (Å²) >= 11 is 0. The van der Waals surface area contributed by atoms with E-state index in [-0.39, 0.29) is 0 Å². The first-order chi connectivity index (χ1) is 8.77. The van der Waals surface area contributed by atoms with Crippen LogP contribution < -0.4 is 5.73 Å². The summed E-state index contributed by atoms with van der Waals surface area (Å²) in [4.78, 5) is 16.4. The fourth-order valence-electron chi connectivity index (χ4n) is 2.47. The molecule has 0 aromatic carbocycles. The summed E-state index contributed by atoms with van der Waals surface area (Å²) in [5.41, 5.74) is 5.49. The molecule has 1 aliphatic rings. The number of nitrogens with zero attached hydrogens (tertiary/aromatic N) is 2. The zero-order chi connectivity index (χ0) is 13.2. The Labute approximate surface area is 111 Å². The summed E-state index contributed by atoms with van der Waals surface area (Å²) in [6.45, 7) is 8.07. The van der Waals surface area contributed by atoms with E-state index in [2.05, 4.69) is 11.8 Å². The Morgan fingerprint density at radius 2 is 1.94 bits per heavy atom. The second-order valence-electron chi connectivity index (χ2n) is 5.18. The van der Waals surface area contributed by atoms with Gasteiger partial charge in [-0.05, 0) is 45.3 Å². The monoisotopic (exact) mass is 255 g/mol. The Bertz CT molecular complexity index is 233. The molecule has 0 aromatic heterocycles. The van der Waals surface area contributed by atoms with Crippen LogP contribution in [0.1, 0.15) is 45.4 Å². The molecule has 4 nitrogen and oxygen atoms in total. The van der Waals surface area contributed by atoms with Crippen LogP contribution in [0, 0.1) is 0 Å². The lowest BCUT2D eigenvalue weighted by Gasteiger charge is -2.21. The van der Waals surface area contributed by atoms with Gasteiger partial charge in [0.05, 0.1) is 0 Å². The zero-order valence-electron chi connectivity index (χ0n) is 11.9. The fraction of sp³-hybridized carbons (Fsp3) is 0.929. The second-order valence-corrected chi connectivity index (χ2v) is 5.18. The standard InChI is InChI=1S/C14H29N3O/c1-2-7-14(18)17-11-6-10-16(12-13-17)9-5-3-4-8-15/h2-13,15H2,1H3. The summed E-state index contributed by atoms with van der Waals surface area (Å²) in [5, 5.41) is 0. The van der Waals surface area contributed by atoms with Crippen molar-refractivity contribution in [3.05, 3.63) is 0 Å². The number of amides is 1. The van der Waals surface area contributed by atoms with Crippen molar-refractivity contribution in [3.8, 4) is 0 Å². The van der Waals surface area contributed by atoms with Crippen LogP contribution in [0.5, 0.6) is 0 Å². The third-order valence-electron chi connectivity index (χ3n) is 3.58. The van der Waals surface area contributed by atoms with Gasteiger partial charge in [0.1, 0.15) is 0 Å². The van der Waals surface area contributed by atoms with Crippen molar-refractivity contribution in [3.63, 3.8) is 0 Å². The number of hydrogen-bond donors (Lipinski definition) is 1. The molecule has 0 atom stereocenters. The first-order valence-electron chi connectivity index (χ1n) is 7.48. The van der Waals surface area contributed by atoms with Gasteiger partial charge in [-0.25, -0.2) is 0 Å². The van der Waals surface area contributed by atoms with E-state index in [1.807, 2.05) is 4.90 Å².